The maximum absolute atomic E-state index is 12.9. The predicted molar refractivity (Wildman–Crippen MR) is 90.4 cm³/mol. The first-order valence-corrected chi connectivity index (χ1v) is 8.96. The van der Waals surface area contributed by atoms with Crippen LogP contribution in [0.5, 0.6) is 0 Å². The van der Waals surface area contributed by atoms with Gasteiger partial charge in [0.05, 0.1) is 17.0 Å². The van der Waals surface area contributed by atoms with E-state index in [4.69, 9.17) is 0 Å². The third kappa shape index (κ3) is 4.41. The molecule has 0 aliphatic carbocycles. The summed E-state index contributed by atoms with van der Waals surface area (Å²) in [5.74, 6) is -2.01. The summed E-state index contributed by atoms with van der Waals surface area (Å²) < 4.78 is 78.4. The van der Waals surface area contributed by atoms with Crippen molar-refractivity contribution >= 4 is 32.7 Å². The molecule has 0 unspecified atom stereocenters. The highest BCUT2D eigenvalue weighted by Crippen LogP contribution is 2.35. The lowest BCUT2D eigenvalue weighted by molar-refractivity contribution is -0.183. The molecule has 1 aliphatic rings. The average Bonchev–Trinajstić information content (AvgIpc) is 2.89. The Morgan fingerprint density at radius 1 is 1.11 bits per heavy atom. The van der Waals surface area contributed by atoms with E-state index in [-0.39, 0.29) is 37.0 Å². The summed E-state index contributed by atoms with van der Waals surface area (Å²) in [5.41, 5.74) is 0.294. The minimum Gasteiger partial charge on any atom is -0.339 e. The average molecular weight is 457 g/mol. The Balaban J connectivity index is 1.89. The second-order valence-electron chi connectivity index (χ2n) is 6.56. The zero-order valence-corrected chi connectivity index (χ0v) is 15.5. The summed E-state index contributed by atoms with van der Waals surface area (Å²) in [6.45, 7) is -1.42. The van der Waals surface area contributed by atoms with E-state index in [1.807, 2.05) is 0 Å². The van der Waals surface area contributed by atoms with Gasteiger partial charge < -0.3 is 9.47 Å². The van der Waals surface area contributed by atoms with Crippen LogP contribution in [0.15, 0.2) is 28.9 Å². The van der Waals surface area contributed by atoms with Gasteiger partial charge in [0.15, 0.2) is 0 Å². The van der Waals surface area contributed by atoms with Gasteiger partial charge in [0.1, 0.15) is 6.54 Å². The second-order valence-corrected chi connectivity index (χ2v) is 7.47. The van der Waals surface area contributed by atoms with Crippen LogP contribution in [0.3, 0.4) is 0 Å². The van der Waals surface area contributed by atoms with Crippen molar-refractivity contribution in [3.8, 4) is 0 Å². The summed E-state index contributed by atoms with van der Waals surface area (Å²) in [5, 5.41) is 0.338. The Bertz CT molecular complexity index is 849. The fourth-order valence-electron chi connectivity index (χ4n) is 3.34. The van der Waals surface area contributed by atoms with E-state index >= 15 is 0 Å². The molecule has 1 fully saturated rings. The first-order valence-electron chi connectivity index (χ1n) is 8.17. The number of alkyl halides is 6. The number of hydrogen-bond donors (Lipinski definition) is 0. The number of piperidine rings is 1. The zero-order valence-electron chi connectivity index (χ0n) is 13.9. The number of halogens is 7. The molecular formula is C17H15BrF6N2O. The van der Waals surface area contributed by atoms with E-state index in [1.165, 1.54) is 17.0 Å². The molecule has 1 aromatic heterocycles. The molecule has 10 heteroatoms. The largest absolute Gasteiger partial charge is 0.406 e. The second kappa shape index (κ2) is 7.03. The molecule has 3 nitrogen and oxygen atoms in total. The number of rotatable bonds is 2. The zero-order chi connectivity index (χ0) is 20.0. The molecule has 0 spiro atoms. The Kier molecular flexibility index (Phi) is 5.22. The lowest BCUT2D eigenvalue weighted by atomic mass is 9.96. The number of likely N-dealkylation sites (tertiary alicyclic amines) is 1. The highest BCUT2D eigenvalue weighted by Gasteiger charge is 2.42. The van der Waals surface area contributed by atoms with Crippen molar-refractivity contribution in [3.63, 3.8) is 0 Å². The van der Waals surface area contributed by atoms with Crippen LogP contribution in [0, 0.1) is 5.92 Å². The van der Waals surface area contributed by atoms with Gasteiger partial charge in [0.25, 0.3) is 5.91 Å². The lowest BCUT2D eigenvalue weighted by Crippen LogP contribution is -2.42. The van der Waals surface area contributed by atoms with Gasteiger partial charge in [-0.25, -0.2) is 0 Å². The number of carbonyl (C=O) groups is 1. The molecule has 27 heavy (non-hydrogen) atoms. The summed E-state index contributed by atoms with van der Waals surface area (Å²) in [4.78, 5) is 14.0. The normalized spacial score (nSPS) is 16.9. The molecule has 3 rings (SSSR count). The van der Waals surface area contributed by atoms with Crippen molar-refractivity contribution in [2.24, 2.45) is 5.92 Å². The van der Waals surface area contributed by atoms with Crippen LogP contribution >= 0.6 is 15.9 Å². The Hall–Kier alpha value is -1.71. The summed E-state index contributed by atoms with van der Waals surface area (Å²) in [6, 6.07) is 4.61. The van der Waals surface area contributed by atoms with Gasteiger partial charge in [0.2, 0.25) is 0 Å². The van der Waals surface area contributed by atoms with Crippen LogP contribution in [-0.4, -0.2) is 40.8 Å². The quantitative estimate of drug-likeness (QED) is 0.556. The van der Waals surface area contributed by atoms with Crippen molar-refractivity contribution in [1.82, 2.24) is 9.47 Å². The van der Waals surface area contributed by atoms with Crippen LogP contribution in [0.25, 0.3) is 10.9 Å². The number of fused-ring (bicyclic) bond motifs is 1. The third-order valence-electron chi connectivity index (χ3n) is 4.67. The van der Waals surface area contributed by atoms with Crippen molar-refractivity contribution < 1.29 is 31.1 Å². The molecule has 1 amide bonds. The lowest BCUT2D eigenvalue weighted by Gasteiger charge is -2.32. The van der Waals surface area contributed by atoms with Crippen LogP contribution in [-0.2, 0) is 6.54 Å². The maximum atomic E-state index is 12.9. The van der Waals surface area contributed by atoms with Gasteiger partial charge >= 0.3 is 12.4 Å². The van der Waals surface area contributed by atoms with Gasteiger partial charge in [0, 0.05) is 29.1 Å². The minimum absolute atomic E-state index is 0.0622. The maximum Gasteiger partial charge on any atom is 0.406 e. The molecule has 0 saturated carbocycles. The number of carbonyl (C=O) groups excluding carboxylic acids is 1. The Morgan fingerprint density at radius 3 is 2.30 bits per heavy atom. The number of benzene rings is 1. The molecule has 0 atom stereocenters. The number of nitrogens with zero attached hydrogens (tertiary/aromatic N) is 2. The first-order chi connectivity index (χ1) is 12.5. The summed E-state index contributed by atoms with van der Waals surface area (Å²) >= 11 is 3.20. The molecule has 1 aliphatic heterocycles. The monoisotopic (exact) mass is 456 g/mol. The van der Waals surface area contributed by atoms with Crippen LogP contribution in [0.4, 0.5) is 26.3 Å². The molecule has 0 radical (unpaired) electrons. The van der Waals surface area contributed by atoms with E-state index in [2.05, 4.69) is 15.9 Å². The predicted octanol–water partition coefficient (Wildman–Crippen LogP) is 5.38. The third-order valence-corrected chi connectivity index (χ3v) is 5.16. The summed E-state index contributed by atoms with van der Waals surface area (Å²) in [6.07, 6.45) is -8.06. The smallest absolute Gasteiger partial charge is 0.339 e. The highest BCUT2D eigenvalue weighted by atomic mass is 79.9. The highest BCUT2D eigenvalue weighted by molar-refractivity contribution is 9.10. The standard InChI is InChI=1S/C17H15BrF6N2O/c18-11-1-2-12-13(8-26(14(12)7-11)9-16(19,20)21)15(27)25-5-3-10(4-6-25)17(22,23)24/h1-2,7-8,10H,3-6,9H2. The Morgan fingerprint density at radius 2 is 1.74 bits per heavy atom. The topological polar surface area (TPSA) is 25.2 Å². The van der Waals surface area contributed by atoms with Gasteiger partial charge in [-0.05, 0) is 25.0 Å². The first kappa shape index (κ1) is 20.0. The molecule has 2 aromatic rings. The number of aromatic nitrogens is 1. The molecule has 0 bridgehead atoms. The minimum atomic E-state index is -4.47. The van der Waals surface area contributed by atoms with E-state index in [0.29, 0.717) is 9.86 Å². The number of amides is 1. The van der Waals surface area contributed by atoms with Crippen LogP contribution < -0.4 is 0 Å². The number of hydrogen-bond acceptors (Lipinski definition) is 1. The van der Waals surface area contributed by atoms with Gasteiger partial charge in [-0.3, -0.25) is 4.79 Å². The van der Waals surface area contributed by atoms with Gasteiger partial charge in [-0.15, -0.1) is 0 Å². The van der Waals surface area contributed by atoms with E-state index in [0.717, 1.165) is 10.8 Å². The van der Waals surface area contributed by atoms with E-state index in [9.17, 15) is 31.1 Å². The molecular weight excluding hydrogens is 442 g/mol. The van der Waals surface area contributed by atoms with Crippen molar-refractivity contribution in [2.75, 3.05) is 13.1 Å². The molecule has 1 saturated heterocycles. The fourth-order valence-corrected chi connectivity index (χ4v) is 3.69. The molecule has 1 aromatic carbocycles. The van der Waals surface area contributed by atoms with Crippen LogP contribution in [0.1, 0.15) is 23.2 Å². The van der Waals surface area contributed by atoms with E-state index in [1.54, 1.807) is 6.07 Å². The summed E-state index contributed by atoms with van der Waals surface area (Å²) in [7, 11) is 0. The van der Waals surface area contributed by atoms with Gasteiger partial charge in [-0.1, -0.05) is 22.0 Å². The fraction of sp³-hybridized carbons (Fsp3) is 0.471. The van der Waals surface area contributed by atoms with E-state index < -0.39 is 30.7 Å². The SMILES string of the molecule is O=C(c1cn(CC(F)(F)F)c2cc(Br)ccc12)N1CCC(C(F)(F)F)CC1. The Labute approximate surface area is 159 Å². The molecule has 148 valence electrons. The van der Waals surface area contributed by atoms with Gasteiger partial charge in [-0.2, -0.15) is 26.3 Å². The molecule has 0 N–H and O–H groups in total. The molecule has 2 heterocycles. The van der Waals surface area contributed by atoms with Crippen molar-refractivity contribution in [2.45, 2.75) is 31.7 Å². The van der Waals surface area contributed by atoms with Crippen molar-refractivity contribution in [1.29, 1.82) is 0 Å². The van der Waals surface area contributed by atoms with Crippen LogP contribution in [0.2, 0.25) is 0 Å². The van der Waals surface area contributed by atoms with Crippen molar-refractivity contribution in [3.05, 3.63) is 34.4 Å².